The highest BCUT2D eigenvalue weighted by Crippen LogP contribution is 2.32. The standard InChI is InChI=1S/C17H21NO2/c1-13(2)18(14-7-5-9-16(11-14)19-3)15-8-6-10-17(12-15)20-4/h5-13H,1-4H3. The van der Waals surface area contributed by atoms with E-state index in [0.29, 0.717) is 6.04 Å². The van der Waals surface area contributed by atoms with E-state index in [1.807, 2.05) is 36.4 Å². The molecule has 0 aliphatic carbocycles. The van der Waals surface area contributed by atoms with E-state index >= 15 is 0 Å². The Morgan fingerprint density at radius 1 is 0.800 bits per heavy atom. The molecule has 0 unspecified atom stereocenters. The molecule has 3 heteroatoms. The van der Waals surface area contributed by atoms with Crippen LogP contribution in [0.3, 0.4) is 0 Å². The Hall–Kier alpha value is -2.16. The van der Waals surface area contributed by atoms with Gasteiger partial charge in [0.15, 0.2) is 0 Å². The summed E-state index contributed by atoms with van der Waals surface area (Å²) >= 11 is 0. The molecular weight excluding hydrogens is 250 g/mol. The van der Waals surface area contributed by atoms with Crippen LogP contribution in [-0.4, -0.2) is 20.3 Å². The topological polar surface area (TPSA) is 21.7 Å². The van der Waals surface area contributed by atoms with Crippen molar-refractivity contribution in [2.24, 2.45) is 0 Å². The van der Waals surface area contributed by atoms with Gasteiger partial charge in [0.05, 0.1) is 14.2 Å². The summed E-state index contributed by atoms with van der Waals surface area (Å²) in [4.78, 5) is 2.26. The number of ether oxygens (including phenoxy) is 2. The van der Waals surface area contributed by atoms with Crippen LogP contribution < -0.4 is 14.4 Å². The summed E-state index contributed by atoms with van der Waals surface area (Å²) in [5.74, 6) is 1.71. The fraction of sp³-hybridized carbons (Fsp3) is 0.294. The van der Waals surface area contributed by atoms with Gasteiger partial charge in [-0.1, -0.05) is 12.1 Å². The van der Waals surface area contributed by atoms with Crippen molar-refractivity contribution in [3.63, 3.8) is 0 Å². The van der Waals surface area contributed by atoms with Crippen molar-refractivity contribution < 1.29 is 9.47 Å². The Balaban J connectivity index is 2.44. The normalized spacial score (nSPS) is 10.4. The van der Waals surface area contributed by atoms with E-state index in [4.69, 9.17) is 9.47 Å². The quantitative estimate of drug-likeness (QED) is 0.811. The lowest BCUT2D eigenvalue weighted by atomic mass is 10.2. The average molecular weight is 271 g/mol. The molecule has 20 heavy (non-hydrogen) atoms. The van der Waals surface area contributed by atoms with E-state index in [2.05, 4.69) is 30.9 Å². The number of anilines is 2. The van der Waals surface area contributed by atoms with Crippen LogP contribution in [0.4, 0.5) is 11.4 Å². The van der Waals surface area contributed by atoms with Crippen molar-refractivity contribution >= 4 is 11.4 Å². The van der Waals surface area contributed by atoms with Crippen molar-refractivity contribution in [2.45, 2.75) is 19.9 Å². The molecule has 0 heterocycles. The second kappa shape index (κ2) is 6.33. The first-order valence-electron chi connectivity index (χ1n) is 6.73. The zero-order chi connectivity index (χ0) is 14.5. The van der Waals surface area contributed by atoms with Gasteiger partial charge in [-0.25, -0.2) is 0 Å². The van der Waals surface area contributed by atoms with Gasteiger partial charge < -0.3 is 14.4 Å². The predicted octanol–water partition coefficient (Wildman–Crippen LogP) is 4.25. The molecule has 0 amide bonds. The van der Waals surface area contributed by atoms with Crippen LogP contribution >= 0.6 is 0 Å². The Labute approximate surface area is 120 Å². The molecule has 0 saturated carbocycles. The van der Waals surface area contributed by atoms with E-state index in [-0.39, 0.29) is 0 Å². The summed E-state index contributed by atoms with van der Waals surface area (Å²) in [7, 11) is 3.37. The van der Waals surface area contributed by atoms with Crippen LogP contribution in [-0.2, 0) is 0 Å². The summed E-state index contributed by atoms with van der Waals surface area (Å²) in [5, 5.41) is 0. The van der Waals surface area contributed by atoms with E-state index in [1.165, 1.54) is 0 Å². The van der Waals surface area contributed by atoms with Gasteiger partial charge in [0, 0.05) is 29.5 Å². The highest BCUT2D eigenvalue weighted by Gasteiger charge is 2.14. The van der Waals surface area contributed by atoms with Gasteiger partial charge in [-0.15, -0.1) is 0 Å². The minimum atomic E-state index is 0.328. The van der Waals surface area contributed by atoms with Gasteiger partial charge in [-0.2, -0.15) is 0 Å². The van der Waals surface area contributed by atoms with Crippen molar-refractivity contribution in [1.29, 1.82) is 0 Å². The minimum Gasteiger partial charge on any atom is -0.497 e. The maximum atomic E-state index is 5.31. The number of hydrogen-bond donors (Lipinski definition) is 0. The minimum absolute atomic E-state index is 0.328. The summed E-state index contributed by atoms with van der Waals surface area (Å²) in [6.45, 7) is 4.33. The molecule has 0 fully saturated rings. The monoisotopic (exact) mass is 271 g/mol. The molecule has 2 rings (SSSR count). The van der Waals surface area contributed by atoms with Gasteiger partial charge in [0.1, 0.15) is 11.5 Å². The SMILES string of the molecule is COc1cccc(N(c2cccc(OC)c2)C(C)C)c1. The number of benzene rings is 2. The van der Waals surface area contributed by atoms with Crippen LogP contribution in [0, 0.1) is 0 Å². The molecule has 106 valence electrons. The highest BCUT2D eigenvalue weighted by atomic mass is 16.5. The van der Waals surface area contributed by atoms with Crippen LogP contribution in [0.15, 0.2) is 48.5 Å². The fourth-order valence-corrected chi connectivity index (χ4v) is 2.27. The third-order valence-corrected chi connectivity index (χ3v) is 3.18. The van der Waals surface area contributed by atoms with Gasteiger partial charge in [0.25, 0.3) is 0 Å². The summed E-state index contributed by atoms with van der Waals surface area (Å²) in [6.07, 6.45) is 0. The van der Waals surface area contributed by atoms with Gasteiger partial charge >= 0.3 is 0 Å². The fourth-order valence-electron chi connectivity index (χ4n) is 2.27. The van der Waals surface area contributed by atoms with Crippen molar-refractivity contribution in [3.05, 3.63) is 48.5 Å². The molecule has 0 aliphatic rings. The van der Waals surface area contributed by atoms with Crippen LogP contribution in [0.25, 0.3) is 0 Å². The Bertz CT molecular complexity index is 519. The summed E-state index contributed by atoms with van der Waals surface area (Å²) < 4.78 is 10.6. The number of rotatable bonds is 5. The smallest absolute Gasteiger partial charge is 0.120 e. The lowest BCUT2D eigenvalue weighted by Gasteiger charge is -2.29. The maximum Gasteiger partial charge on any atom is 0.120 e. The first-order valence-corrected chi connectivity index (χ1v) is 6.73. The third-order valence-electron chi connectivity index (χ3n) is 3.18. The second-order valence-corrected chi connectivity index (χ2v) is 4.87. The molecule has 0 saturated heterocycles. The lowest BCUT2D eigenvalue weighted by Crippen LogP contribution is -2.25. The Morgan fingerprint density at radius 2 is 1.25 bits per heavy atom. The predicted molar refractivity (Wildman–Crippen MR) is 83.3 cm³/mol. The van der Waals surface area contributed by atoms with Crippen molar-refractivity contribution in [1.82, 2.24) is 0 Å². The number of hydrogen-bond acceptors (Lipinski definition) is 3. The Morgan fingerprint density at radius 3 is 1.60 bits per heavy atom. The van der Waals surface area contributed by atoms with Crippen LogP contribution in [0.2, 0.25) is 0 Å². The second-order valence-electron chi connectivity index (χ2n) is 4.87. The number of nitrogens with zero attached hydrogens (tertiary/aromatic N) is 1. The first-order chi connectivity index (χ1) is 9.65. The molecule has 0 spiro atoms. The van der Waals surface area contributed by atoms with Crippen molar-refractivity contribution in [3.8, 4) is 11.5 Å². The van der Waals surface area contributed by atoms with Crippen molar-refractivity contribution in [2.75, 3.05) is 19.1 Å². The van der Waals surface area contributed by atoms with E-state index in [1.54, 1.807) is 14.2 Å². The van der Waals surface area contributed by atoms with E-state index in [9.17, 15) is 0 Å². The molecule has 0 radical (unpaired) electrons. The molecule has 2 aromatic rings. The average Bonchev–Trinajstić information content (AvgIpc) is 2.47. The Kier molecular flexibility index (Phi) is 4.51. The highest BCUT2D eigenvalue weighted by molar-refractivity contribution is 5.66. The summed E-state index contributed by atoms with van der Waals surface area (Å²) in [6, 6.07) is 16.5. The molecule has 3 nitrogen and oxygen atoms in total. The largest absolute Gasteiger partial charge is 0.497 e. The molecule has 0 atom stereocenters. The molecule has 0 N–H and O–H groups in total. The third kappa shape index (κ3) is 3.05. The zero-order valence-electron chi connectivity index (χ0n) is 12.5. The lowest BCUT2D eigenvalue weighted by molar-refractivity contribution is 0.414. The van der Waals surface area contributed by atoms with Gasteiger partial charge in [-0.3, -0.25) is 0 Å². The number of methoxy groups -OCH3 is 2. The molecule has 0 aromatic heterocycles. The summed E-state index contributed by atoms with van der Waals surface area (Å²) in [5.41, 5.74) is 2.21. The molecular formula is C17H21NO2. The molecule has 0 bridgehead atoms. The van der Waals surface area contributed by atoms with Crippen LogP contribution in [0.5, 0.6) is 11.5 Å². The maximum absolute atomic E-state index is 5.31. The zero-order valence-corrected chi connectivity index (χ0v) is 12.5. The van der Waals surface area contributed by atoms with Gasteiger partial charge in [-0.05, 0) is 38.1 Å². The van der Waals surface area contributed by atoms with Crippen LogP contribution in [0.1, 0.15) is 13.8 Å². The van der Waals surface area contributed by atoms with E-state index in [0.717, 1.165) is 22.9 Å². The van der Waals surface area contributed by atoms with Gasteiger partial charge in [0.2, 0.25) is 0 Å². The molecule has 2 aromatic carbocycles. The molecule has 0 aliphatic heterocycles. The first kappa shape index (κ1) is 14.3. The van der Waals surface area contributed by atoms with E-state index < -0.39 is 0 Å².